The lowest BCUT2D eigenvalue weighted by molar-refractivity contribution is -0.116. The van der Waals surface area contributed by atoms with Crippen molar-refractivity contribution in [2.75, 3.05) is 30.4 Å². The molecule has 0 bridgehead atoms. The Labute approximate surface area is 197 Å². The first kappa shape index (κ1) is 23.1. The first-order valence-corrected chi connectivity index (χ1v) is 11.8. The lowest BCUT2D eigenvalue weighted by Gasteiger charge is -2.17. The molecular weight excluding hydrogens is 458 g/mol. The Bertz CT molecular complexity index is 1340. The molecule has 34 heavy (non-hydrogen) atoms. The SMILES string of the molecule is Cc1ccc(NC(=O)CN(C)C(=O)c2cccc(S(=O)(=O)Nc3ccc4c(c3)OCO4)c2)cc1. The van der Waals surface area contributed by atoms with E-state index < -0.39 is 15.9 Å². The van der Waals surface area contributed by atoms with E-state index in [0.29, 0.717) is 22.9 Å². The molecule has 3 aromatic carbocycles. The first-order chi connectivity index (χ1) is 16.2. The number of likely N-dealkylation sites (N-methyl/N-ethyl adjacent to an activating group) is 1. The zero-order valence-corrected chi connectivity index (χ0v) is 19.4. The van der Waals surface area contributed by atoms with Crippen molar-refractivity contribution >= 4 is 33.2 Å². The lowest BCUT2D eigenvalue weighted by atomic mass is 10.2. The van der Waals surface area contributed by atoms with Crippen molar-refractivity contribution in [1.29, 1.82) is 0 Å². The molecule has 9 nitrogen and oxygen atoms in total. The van der Waals surface area contributed by atoms with Gasteiger partial charge in [-0.2, -0.15) is 0 Å². The second kappa shape index (κ2) is 9.44. The zero-order valence-electron chi connectivity index (χ0n) is 18.6. The maximum Gasteiger partial charge on any atom is 0.261 e. The lowest BCUT2D eigenvalue weighted by Crippen LogP contribution is -2.35. The molecule has 1 heterocycles. The van der Waals surface area contributed by atoms with Crippen LogP contribution < -0.4 is 19.5 Å². The summed E-state index contributed by atoms with van der Waals surface area (Å²) in [5.74, 6) is 0.117. The van der Waals surface area contributed by atoms with Crippen molar-refractivity contribution in [3.63, 3.8) is 0 Å². The Kier molecular flexibility index (Phi) is 6.42. The average Bonchev–Trinajstić information content (AvgIpc) is 3.28. The van der Waals surface area contributed by atoms with Crippen LogP contribution in [0.1, 0.15) is 15.9 Å². The van der Waals surface area contributed by atoms with Gasteiger partial charge >= 0.3 is 0 Å². The third kappa shape index (κ3) is 5.29. The van der Waals surface area contributed by atoms with Gasteiger partial charge in [0.1, 0.15) is 0 Å². The third-order valence-corrected chi connectivity index (χ3v) is 6.46. The molecule has 0 saturated carbocycles. The second-order valence-electron chi connectivity index (χ2n) is 7.78. The van der Waals surface area contributed by atoms with Crippen molar-refractivity contribution in [2.45, 2.75) is 11.8 Å². The van der Waals surface area contributed by atoms with Crippen molar-refractivity contribution in [1.82, 2.24) is 4.90 Å². The Morgan fingerprint density at radius 2 is 1.65 bits per heavy atom. The van der Waals surface area contributed by atoms with E-state index in [1.165, 1.54) is 42.3 Å². The normalized spacial score (nSPS) is 12.2. The highest BCUT2D eigenvalue weighted by molar-refractivity contribution is 7.92. The van der Waals surface area contributed by atoms with E-state index in [0.717, 1.165) is 5.56 Å². The monoisotopic (exact) mass is 481 g/mol. The number of amides is 2. The van der Waals surface area contributed by atoms with Crippen LogP contribution in [-0.2, 0) is 14.8 Å². The maximum absolute atomic E-state index is 12.9. The summed E-state index contributed by atoms with van der Waals surface area (Å²) in [6.07, 6.45) is 0. The van der Waals surface area contributed by atoms with E-state index in [1.807, 2.05) is 19.1 Å². The smallest absolute Gasteiger partial charge is 0.261 e. The van der Waals surface area contributed by atoms with Gasteiger partial charge in [0.05, 0.1) is 17.1 Å². The van der Waals surface area contributed by atoms with E-state index in [9.17, 15) is 18.0 Å². The third-order valence-electron chi connectivity index (χ3n) is 5.08. The zero-order chi connectivity index (χ0) is 24.3. The number of hydrogen-bond acceptors (Lipinski definition) is 6. The Morgan fingerprint density at radius 3 is 2.41 bits per heavy atom. The number of nitrogens with zero attached hydrogens (tertiary/aromatic N) is 1. The predicted octanol–water partition coefficient (Wildman–Crippen LogP) is 3.24. The van der Waals surface area contributed by atoms with Gasteiger partial charge in [0.25, 0.3) is 15.9 Å². The number of rotatable bonds is 7. The van der Waals surface area contributed by atoms with Crippen molar-refractivity contribution in [3.05, 3.63) is 77.9 Å². The fraction of sp³-hybridized carbons (Fsp3) is 0.167. The molecule has 0 unspecified atom stereocenters. The van der Waals surface area contributed by atoms with Gasteiger partial charge in [-0.05, 0) is 49.4 Å². The van der Waals surface area contributed by atoms with Crippen LogP contribution >= 0.6 is 0 Å². The molecule has 0 aliphatic carbocycles. The minimum absolute atomic E-state index is 0.0756. The van der Waals surface area contributed by atoms with Gasteiger partial charge < -0.3 is 19.7 Å². The fourth-order valence-corrected chi connectivity index (χ4v) is 4.41. The molecule has 10 heteroatoms. The summed E-state index contributed by atoms with van der Waals surface area (Å²) in [6, 6.07) is 17.6. The number of hydrogen-bond donors (Lipinski definition) is 2. The number of benzene rings is 3. The highest BCUT2D eigenvalue weighted by Crippen LogP contribution is 2.34. The molecule has 3 aromatic rings. The summed E-state index contributed by atoms with van der Waals surface area (Å²) in [6.45, 7) is 1.82. The number of fused-ring (bicyclic) bond motifs is 1. The minimum Gasteiger partial charge on any atom is -0.454 e. The summed E-state index contributed by atoms with van der Waals surface area (Å²) >= 11 is 0. The fourth-order valence-electron chi connectivity index (χ4n) is 3.32. The predicted molar refractivity (Wildman–Crippen MR) is 127 cm³/mol. The number of sulfonamides is 1. The Hall–Kier alpha value is -4.05. The maximum atomic E-state index is 12.9. The molecule has 0 saturated heterocycles. The number of ether oxygens (including phenoxy) is 2. The highest BCUT2D eigenvalue weighted by Gasteiger charge is 2.21. The summed E-state index contributed by atoms with van der Waals surface area (Å²) in [5, 5.41) is 2.73. The summed E-state index contributed by atoms with van der Waals surface area (Å²) < 4.78 is 38.7. The molecule has 0 fully saturated rings. The summed E-state index contributed by atoms with van der Waals surface area (Å²) in [7, 11) is -2.50. The molecule has 2 N–H and O–H groups in total. The van der Waals surface area contributed by atoms with E-state index in [1.54, 1.807) is 24.3 Å². The van der Waals surface area contributed by atoms with Crippen LogP contribution in [0.5, 0.6) is 11.5 Å². The molecule has 0 atom stereocenters. The van der Waals surface area contributed by atoms with Gasteiger partial charge in [0.15, 0.2) is 11.5 Å². The van der Waals surface area contributed by atoms with Gasteiger partial charge in [-0.1, -0.05) is 23.8 Å². The van der Waals surface area contributed by atoms with Crippen molar-refractivity contribution < 1.29 is 27.5 Å². The molecule has 2 amide bonds. The van der Waals surface area contributed by atoms with E-state index >= 15 is 0 Å². The quantitative estimate of drug-likeness (QED) is 0.536. The Morgan fingerprint density at radius 1 is 0.941 bits per heavy atom. The second-order valence-corrected chi connectivity index (χ2v) is 9.46. The van der Waals surface area contributed by atoms with Gasteiger partial charge in [-0.3, -0.25) is 14.3 Å². The van der Waals surface area contributed by atoms with Crippen LogP contribution in [0.15, 0.2) is 71.6 Å². The minimum atomic E-state index is -3.98. The van der Waals surface area contributed by atoms with Crippen LogP contribution in [-0.4, -0.2) is 45.5 Å². The highest BCUT2D eigenvalue weighted by atomic mass is 32.2. The Balaban J connectivity index is 1.43. The van der Waals surface area contributed by atoms with Crippen LogP contribution in [0.3, 0.4) is 0 Å². The van der Waals surface area contributed by atoms with Crippen molar-refractivity contribution in [3.8, 4) is 11.5 Å². The molecule has 0 aromatic heterocycles. The number of carbonyl (C=O) groups excluding carboxylic acids is 2. The van der Waals surface area contributed by atoms with Crippen LogP contribution in [0.4, 0.5) is 11.4 Å². The van der Waals surface area contributed by atoms with Gasteiger partial charge in [-0.15, -0.1) is 0 Å². The van der Waals surface area contributed by atoms with E-state index in [-0.39, 0.29) is 29.7 Å². The average molecular weight is 482 g/mol. The molecule has 0 radical (unpaired) electrons. The topological polar surface area (TPSA) is 114 Å². The van der Waals surface area contributed by atoms with Gasteiger partial charge in [0.2, 0.25) is 12.7 Å². The largest absolute Gasteiger partial charge is 0.454 e. The van der Waals surface area contributed by atoms with Gasteiger partial charge in [-0.25, -0.2) is 8.42 Å². The van der Waals surface area contributed by atoms with E-state index in [2.05, 4.69) is 10.0 Å². The van der Waals surface area contributed by atoms with E-state index in [4.69, 9.17) is 9.47 Å². The van der Waals surface area contributed by atoms with Gasteiger partial charge in [0, 0.05) is 24.4 Å². The summed E-state index contributed by atoms with van der Waals surface area (Å²) in [5.41, 5.74) is 2.12. The molecule has 1 aliphatic rings. The van der Waals surface area contributed by atoms with Crippen LogP contribution in [0, 0.1) is 6.92 Å². The molecule has 4 rings (SSSR count). The number of carbonyl (C=O) groups is 2. The molecule has 1 aliphatic heterocycles. The molecule has 0 spiro atoms. The molecular formula is C24H23N3O6S. The van der Waals surface area contributed by atoms with Crippen LogP contribution in [0.2, 0.25) is 0 Å². The van der Waals surface area contributed by atoms with Crippen molar-refractivity contribution in [2.24, 2.45) is 0 Å². The van der Waals surface area contributed by atoms with Crippen LogP contribution in [0.25, 0.3) is 0 Å². The standard InChI is InChI=1S/C24H23N3O6S/c1-16-6-8-18(9-7-16)25-23(28)14-27(2)24(29)17-4-3-5-20(12-17)34(30,31)26-19-10-11-21-22(13-19)33-15-32-21/h3-13,26H,14-15H2,1-2H3,(H,25,28). The first-order valence-electron chi connectivity index (χ1n) is 10.4. The summed E-state index contributed by atoms with van der Waals surface area (Å²) in [4.78, 5) is 26.3. The molecule has 176 valence electrons. The number of anilines is 2. The number of aryl methyl sites for hydroxylation is 1. The number of nitrogens with one attached hydrogen (secondary N) is 2.